The molecule has 1 aromatic rings. The molecule has 0 aromatic heterocycles. The van der Waals surface area contributed by atoms with E-state index in [2.05, 4.69) is 10.9 Å². The van der Waals surface area contributed by atoms with Crippen LogP contribution in [0.1, 0.15) is 23.7 Å². The normalized spacial score (nSPS) is 9.47. The van der Waals surface area contributed by atoms with Gasteiger partial charge >= 0.3 is 0 Å². The molecule has 15 heavy (non-hydrogen) atoms. The van der Waals surface area contributed by atoms with Crippen molar-refractivity contribution in [3.05, 3.63) is 34.9 Å². The quantitative estimate of drug-likeness (QED) is 0.751. The third kappa shape index (κ3) is 3.59. The van der Waals surface area contributed by atoms with Crippen LogP contribution in [0.5, 0.6) is 0 Å². The summed E-state index contributed by atoms with van der Waals surface area (Å²) < 4.78 is 0. The van der Waals surface area contributed by atoms with Crippen LogP contribution in [0.4, 0.5) is 0 Å². The van der Waals surface area contributed by atoms with E-state index >= 15 is 0 Å². The van der Waals surface area contributed by atoms with Crippen molar-refractivity contribution in [3.8, 4) is 0 Å². The number of nitrogens with one attached hydrogen (secondary N) is 2. The van der Waals surface area contributed by atoms with Gasteiger partial charge in [-0.3, -0.25) is 20.4 Å². The van der Waals surface area contributed by atoms with Crippen molar-refractivity contribution in [1.82, 2.24) is 10.9 Å². The first-order chi connectivity index (χ1) is 7.13. The van der Waals surface area contributed by atoms with Gasteiger partial charge in [-0.1, -0.05) is 18.5 Å². The van der Waals surface area contributed by atoms with Crippen LogP contribution in [0, 0.1) is 0 Å². The molecule has 0 saturated carbocycles. The topological polar surface area (TPSA) is 58.2 Å². The Morgan fingerprint density at radius 1 is 1.20 bits per heavy atom. The maximum absolute atomic E-state index is 11.4. The van der Waals surface area contributed by atoms with E-state index in [0.29, 0.717) is 17.0 Å². The molecule has 2 amide bonds. The van der Waals surface area contributed by atoms with Crippen LogP contribution in [0.15, 0.2) is 24.3 Å². The zero-order valence-corrected chi connectivity index (χ0v) is 8.97. The first kappa shape index (κ1) is 11.5. The molecular weight excluding hydrogens is 216 g/mol. The van der Waals surface area contributed by atoms with Gasteiger partial charge < -0.3 is 0 Å². The number of hydrogen-bond donors (Lipinski definition) is 2. The van der Waals surface area contributed by atoms with E-state index in [0.717, 1.165) is 0 Å². The van der Waals surface area contributed by atoms with Gasteiger partial charge in [-0.15, -0.1) is 0 Å². The average Bonchev–Trinajstić information content (AvgIpc) is 2.26. The summed E-state index contributed by atoms with van der Waals surface area (Å²) in [5, 5.41) is 0.559. The molecule has 4 nitrogen and oxygen atoms in total. The van der Waals surface area contributed by atoms with Crippen LogP contribution in [-0.4, -0.2) is 11.8 Å². The summed E-state index contributed by atoms with van der Waals surface area (Å²) in [4.78, 5) is 22.3. The third-order valence-electron chi connectivity index (χ3n) is 1.74. The fraction of sp³-hybridized carbons (Fsp3) is 0.200. The van der Waals surface area contributed by atoms with Crippen molar-refractivity contribution in [3.63, 3.8) is 0 Å². The van der Waals surface area contributed by atoms with Gasteiger partial charge in [0.25, 0.3) is 5.91 Å². The average molecular weight is 227 g/mol. The van der Waals surface area contributed by atoms with Crippen molar-refractivity contribution in [2.24, 2.45) is 0 Å². The summed E-state index contributed by atoms with van der Waals surface area (Å²) in [6, 6.07) is 6.38. The first-order valence-electron chi connectivity index (χ1n) is 4.48. The van der Waals surface area contributed by atoms with Crippen molar-refractivity contribution >= 4 is 23.4 Å². The van der Waals surface area contributed by atoms with Gasteiger partial charge in [0, 0.05) is 17.0 Å². The van der Waals surface area contributed by atoms with Crippen molar-refractivity contribution in [2.75, 3.05) is 0 Å². The lowest BCUT2D eigenvalue weighted by Crippen LogP contribution is -2.41. The minimum absolute atomic E-state index is 0.239. The van der Waals surface area contributed by atoms with Gasteiger partial charge in [0.2, 0.25) is 5.91 Å². The maximum atomic E-state index is 11.4. The van der Waals surface area contributed by atoms with Crippen LogP contribution in [0.2, 0.25) is 5.02 Å². The monoisotopic (exact) mass is 226 g/mol. The van der Waals surface area contributed by atoms with Gasteiger partial charge in [0.15, 0.2) is 0 Å². The minimum Gasteiger partial charge on any atom is -0.273 e. The first-order valence-corrected chi connectivity index (χ1v) is 4.86. The lowest BCUT2D eigenvalue weighted by Gasteiger charge is -2.05. The fourth-order valence-electron chi connectivity index (χ4n) is 0.888. The maximum Gasteiger partial charge on any atom is 0.269 e. The van der Waals surface area contributed by atoms with Gasteiger partial charge in [0.1, 0.15) is 0 Å². The van der Waals surface area contributed by atoms with Gasteiger partial charge in [0.05, 0.1) is 0 Å². The highest BCUT2D eigenvalue weighted by Gasteiger charge is 2.05. The Morgan fingerprint density at radius 3 is 2.33 bits per heavy atom. The Bertz CT molecular complexity index is 362. The molecule has 0 aliphatic heterocycles. The second-order valence-corrected chi connectivity index (χ2v) is 3.30. The predicted molar refractivity (Wildman–Crippen MR) is 57.4 cm³/mol. The van der Waals surface area contributed by atoms with E-state index in [-0.39, 0.29) is 11.8 Å². The highest BCUT2D eigenvalue weighted by Crippen LogP contribution is 2.08. The number of halogens is 1. The molecule has 0 radical (unpaired) electrons. The zero-order valence-electron chi connectivity index (χ0n) is 8.21. The lowest BCUT2D eigenvalue weighted by molar-refractivity contribution is -0.121. The summed E-state index contributed by atoms with van der Waals surface area (Å²) in [7, 11) is 0. The molecule has 0 aliphatic carbocycles. The third-order valence-corrected chi connectivity index (χ3v) is 1.99. The number of benzene rings is 1. The van der Waals surface area contributed by atoms with Crippen LogP contribution < -0.4 is 10.9 Å². The predicted octanol–water partition coefficient (Wildman–Crippen LogP) is 1.51. The molecule has 0 aliphatic rings. The Balaban J connectivity index is 2.54. The molecule has 1 aromatic carbocycles. The second kappa shape index (κ2) is 5.36. The lowest BCUT2D eigenvalue weighted by atomic mass is 10.2. The van der Waals surface area contributed by atoms with Crippen molar-refractivity contribution in [1.29, 1.82) is 0 Å². The molecule has 0 atom stereocenters. The largest absolute Gasteiger partial charge is 0.273 e. The molecule has 0 heterocycles. The fourth-order valence-corrected chi connectivity index (χ4v) is 1.01. The van der Waals surface area contributed by atoms with Crippen molar-refractivity contribution < 1.29 is 9.59 Å². The van der Waals surface area contributed by atoms with Gasteiger partial charge in [-0.25, -0.2) is 0 Å². The van der Waals surface area contributed by atoms with E-state index < -0.39 is 0 Å². The van der Waals surface area contributed by atoms with E-state index in [1.165, 1.54) is 0 Å². The van der Waals surface area contributed by atoms with Crippen molar-refractivity contribution in [2.45, 2.75) is 13.3 Å². The Kier molecular flexibility index (Phi) is 4.12. The molecule has 1 rings (SSSR count). The number of hydrogen-bond acceptors (Lipinski definition) is 2. The van der Waals surface area contributed by atoms with E-state index in [1.807, 2.05) is 0 Å². The molecule has 0 bridgehead atoms. The number of carbonyl (C=O) groups excluding carboxylic acids is 2. The molecule has 2 N–H and O–H groups in total. The molecule has 0 saturated heterocycles. The standard InChI is InChI=1S/C10H11ClN2O2/c1-2-9(14)12-13-10(15)7-3-5-8(11)6-4-7/h3-6H,2H2,1H3,(H,12,14)(H,13,15). The molecule has 5 heteroatoms. The Labute approximate surface area is 92.6 Å². The highest BCUT2D eigenvalue weighted by molar-refractivity contribution is 6.30. The summed E-state index contributed by atoms with van der Waals surface area (Å²) in [6.07, 6.45) is 0.320. The van der Waals surface area contributed by atoms with Crippen LogP contribution in [0.25, 0.3) is 0 Å². The molecular formula is C10H11ClN2O2. The van der Waals surface area contributed by atoms with Gasteiger partial charge in [-0.05, 0) is 24.3 Å². The Morgan fingerprint density at radius 2 is 1.80 bits per heavy atom. The SMILES string of the molecule is CCC(=O)NNC(=O)c1ccc(Cl)cc1. The molecule has 80 valence electrons. The smallest absolute Gasteiger partial charge is 0.269 e. The second-order valence-electron chi connectivity index (χ2n) is 2.86. The highest BCUT2D eigenvalue weighted by atomic mass is 35.5. The summed E-state index contributed by atoms with van der Waals surface area (Å²) in [5.74, 6) is -0.606. The van der Waals surface area contributed by atoms with Crippen LogP contribution in [-0.2, 0) is 4.79 Å². The summed E-state index contributed by atoms with van der Waals surface area (Å²) >= 11 is 5.66. The van der Waals surface area contributed by atoms with E-state index in [1.54, 1.807) is 31.2 Å². The Hall–Kier alpha value is -1.55. The number of amides is 2. The number of carbonyl (C=O) groups is 2. The molecule has 0 unspecified atom stereocenters. The molecule has 0 fully saturated rings. The molecule has 0 spiro atoms. The van der Waals surface area contributed by atoms with E-state index in [4.69, 9.17) is 11.6 Å². The summed E-state index contributed by atoms with van der Waals surface area (Å²) in [6.45, 7) is 1.70. The van der Waals surface area contributed by atoms with E-state index in [9.17, 15) is 9.59 Å². The van der Waals surface area contributed by atoms with Crippen LogP contribution in [0.3, 0.4) is 0 Å². The minimum atomic E-state index is -0.367. The van der Waals surface area contributed by atoms with Crippen LogP contribution >= 0.6 is 11.6 Å². The van der Waals surface area contributed by atoms with Gasteiger partial charge in [-0.2, -0.15) is 0 Å². The zero-order chi connectivity index (χ0) is 11.3. The summed E-state index contributed by atoms with van der Waals surface area (Å²) in [5.41, 5.74) is 5.00. The number of hydrazine groups is 1. The number of rotatable bonds is 2.